The fourth-order valence-electron chi connectivity index (χ4n) is 18.7. The van der Waals surface area contributed by atoms with Crippen LogP contribution in [-0.2, 0) is 147 Å². The number of aliphatic hydroxyl groups excluding tert-OH is 34. The summed E-state index contributed by atoms with van der Waals surface area (Å²) < 4.78 is 176. The Morgan fingerprint density at radius 2 is 0.297 bits per heavy atom. The molecule has 16 heterocycles. The molecule has 16 saturated heterocycles. The molecule has 0 aromatic rings. The molecule has 16 fully saturated rings. The highest BCUT2D eigenvalue weighted by atomic mass is 16.8. The molecule has 16 aliphatic heterocycles. The fraction of sp³-hybridized carbons (Fsp3) is 1.00. The predicted octanol–water partition coefficient (Wildman–Crippen LogP) is -25.6. The smallest absolute Gasteiger partial charge is 0.187 e. The monoisotopic (exact) mass is 2130 g/mol. The molecule has 0 bridgehead atoms. The van der Waals surface area contributed by atoms with E-state index in [1.165, 1.54) is 0 Å². The molecule has 16 rings (SSSR count). The van der Waals surface area contributed by atoms with Crippen molar-refractivity contribution in [2.45, 2.75) is 394 Å². The zero-order chi connectivity index (χ0) is 104. The third-order valence-electron chi connectivity index (χ3n) is 27.7. The van der Waals surface area contributed by atoms with E-state index in [1.54, 1.807) is 0 Å². The van der Waals surface area contributed by atoms with Crippen LogP contribution in [0.4, 0.5) is 0 Å². The molecule has 840 valence electrons. The summed E-state index contributed by atoms with van der Waals surface area (Å²) in [4.78, 5) is 0. The summed E-state index contributed by atoms with van der Waals surface area (Å²) >= 11 is 0. The molecular formula is C80H130O65. The van der Waals surface area contributed by atoms with Gasteiger partial charge in [-0.1, -0.05) is 0 Å². The lowest BCUT2D eigenvalue weighted by molar-refractivity contribution is -0.384. The van der Waals surface area contributed by atoms with Gasteiger partial charge in [-0.05, 0) is 0 Å². The minimum Gasteiger partial charge on any atom is -0.394 e. The predicted molar refractivity (Wildman–Crippen MR) is 429 cm³/mol. The Bertz CT molecular complexity index is 3880. The van der Waals surface area contributed by atoms with Crippen molar-refractivity contribution in [2.75, 3.05) is 106 Å². The van der Waals surface area contributed by atoms with Gasteiger partial charge in [0.25, 0.3) is 0 Å². The molecule has 145 heavy (non-hydrogen) atoms. The molecule has 65 heteroatoms. The van der Waals surface area contributed by atoms with Gasteiger partial charge in [-0.3, -0.25) is 0 Å². The molecule has 65 nitrogen and oxygen atoms in total. The largest absolute Gasteiger partial charge is 0.394 e. The Hall–Kier alpha value is -2.60. The summed E-state index contributed by atoms with van der Waals surface area (Å²) in [7, 11) is 0. The van der Waals surface area contributed by atoms with Gasteiger partial charge in [-0.25, -0.2) is 0 Å². The summed E-state index contributed by atoms with van der Waals surface area (Å²) in [6.07, 6.45) is -114. The van der Waals surface area contributed by atoms with Gasteiger partial charge in [-0.15, -0.1) is 0 Å². The number of hydrogen-bond donors (Lipinski definition) is 34. The lowest BCUT2D eigenvalue weighted by atomic mass is 10.0. The standard InChI is InChI=1S/C80H130O65/c81-1-18-34(85)61(112)78(129-18)144-63-32(143-66-49(100)33(84)17(83)3-116-66)16-128-80(64(63)145-79-62(113)35(86)19(2-82)130-79)142-31-15-127-77(60(111)47(31)98)141-30-14-126-76(59(110)46(30)97)140-29-13-125-75(58(109)45(29)96)139-28-12-124-74(57(108)44(28)95)138-27-11-123-73(56(107)43(27)94)137-26-10-122-72(55(106)42(26)93)136-25-9-121-71(54(105)41(25)92)135-24-8-120-70(53(104)40(24)91)134-23-7-119-69(52(103)39(23)90)133-22-6-118-68(51(102)38(22)89)132-21-5-117-67(50(101)37(21)88)131-20-4-115-65(114)48(99)36(20)87/h17-114H,1-16H2/t17-,18+,19+,20-,21-,22-,23-,24-,25-,26-,27-,28-,29-,30-,31-,32-,33+,34-,35-,36+,37+,38+,39+,40+,41+,42+,43+,44+,45+,46+,47+,48?,49?,50?,51?,52?,53?,54?,55?,56?,57?,58?,59?,60?,61?,62?,63+,64?,65-,66+,67+,68-,69-,70-,71-,72-,73-,74-,75-,76-,77-,78+,79+,80+/m1/s1. The summed E-state index contributed by atoms with van der Waals surface area (Å²) in [5, 5.41) is 370. The SMILES string of the molecule is OC[C@@H]1O[C@@H](OC2[C@H](O[C@@H]3CO[C@H](O[C@@H]4CO[C@H](O[C@@H]5CO[C@H](O[C@@H]6CO[C@H](O[C@@H]7CO[C@H](O[C@@H]8CO[C@H](O[C@@H]9CO[C@H](O[C@@H]%10CO[C@H](O[C@@H]%11CO[C@H](O[C@@H]%12CO[C@H](O[C@@H]%13CO[C@@H](O[C@@H]%14CO[C@@H](O)C(O)[C@H]%14O)C(O)[C@H]%13O)C(O)[C@H]%12O)C(O)[C@H]%11O)C(O)[C@H]%10O)C(O)[C@H]9O)C(O)[C@H]8O)C(O)[C@H]7O)C(O)[C@H]6O)C(O)[C@H]5O)C(O)[C@H]4O)C(O)[C@H]3O)OC[C@@H](O[C@@H]3OC[C@@H](O)[C@H](O)C3O)[C@@H]2O[C@@H]2O[C@@H](CO)[C@@H](O)C2O)C(O)[C@@H]1O. The lowest BCUT2D eigenvalue weighted by Gasteiger charge is -2.47. The van der Waals surface area contributed by atoms with Crippen molar-refractivity contribution in [1.82, 2.24) is 0 Å². The zero-order valence-corrected chi connectivity index (χ0v) is 76.1. The molecule has 0 amide bonds. The van der Waals surface area contributed by atoms with Gasteiger partial charge in [0.2, 0.25) is 0 Å². The van der Waals surface area contributed by atoms with E-state index in [4.69, 9.17) is 147 Å². The van der Waals surface area contributed by atoms with Crippen LogP contribution in [0.5, 0.6) is 0 Å². The van der Waals surface area contributed by atoms with Gasteiger partial charge in [0.05, 0.1) is 106 Å². The normalized spacial score (nSPS) is 54.7. The first-order chi connectivity index (χ1) is 69.0. The third kappa shape index (κ3) is 25.0. The van der Waals surface area contributed by atoms with Crippen molar-refractivity contribution in [2.24, 2.45) is 0 Å². The molecular weight excluding hydrogens is 2000 g/mol. The Morgan fingerprint density at radius 3 is 0.510 bits per heavy atom. The Morgan fingerprint density at radius 1 is 0.138 bits per heavy atom. The first-order valence-corrected chi connectivity index (χ1v) is 46.8. The van der Waals surface area contributed by atoms with Crippen LogP contribution >= 0.6 is 0 Å². The third-order valence-corrected chi connectivity index (χ3v) is 27.7. The average molecular weight is 2130 g/mol. The summed E-state index contributed by atoms with van der Waals surface area (Å²) in [5.74, 6) is 0. The van der Waals surface area contributed by atoms with Gasteiger partial charge < -0.3 is 320 Å². The van der Waals surface area contributed by atoms with Gasteiger partial charge in [0.15, 0.2) is 101 Å². The topological polar surface area (TPSA) is 974 Å². The molecule has 16 aliphatic rings. The van der Waals surface area contributed by atoms with Crippen LogP contribution in [0.15, 0.2) is 0 Å². The average Bonchev–Trinajstić information content (AvgIpc) is 1.70. The summed E-state index contributed by atoms with van der Waals surface area (Å²) in [6.45, 7) is -10.1. The molecule has 0 radical (unpaired) electrons. The Labute approximate surface area is 817 Å². The molecule has 16 unspecified atom stereocenters. The van der Waals surface area contributed by atoms with Crippen molar-refractivity contribution < 1.29 is 320 Å². The minimum absolute atomic E-state index is 0.417. The van der Waals surface area contributed by atoms with Gasteiger partial charge in [0.1, 0.15) is 293 Å². The quantitative estimate of drug-likeness (QED) is 0.0297. The molecule has 0 spiro atoms. The van der Waals surface area contributed by atoms with E-state index in [1.807, 2.05) is 0 Å². The molecule has 0 aromatic heterocycles. The molecule has 64 atom stereocenters. The van der Waals surface area contributed by atoms with E-state index < -0.39 is 499 Å². The molecule has 0 saturated carbocycles. The lowest BCUT2D eigenvalue weighted by Crippen LogP contribution is -2.64. The number of ether oxygens (including phenoxy) is 31. The highest BCUT2D eigenvalue weighted by Gasteiger charge is 2.61. The van der Waals surface area contributed by atoms with E-state index >= 15 is 0 Å². The van der Waals surface area contributed by atoms with Crippen LogP contribution in [0.2, 0.25) is 0 Å². The zero-order valence-electron chi connectivity index (χ0n) is 76.1. The second-order valence-corrected chi connectivity index (χ2v) is 37.6. The van der Waals surface area contributed by atoms with Crippen LogP contribution < -0.4 is 0 Å². The molecule has 0 aliphatic carbocycles. The summed E-state index contributed by atoms with van der Waals surface area (Å²) in [5.41, 5.74) is 0. The van der Waals surface area contributed by atoms with E-state index in [-0.39, 0.29) is 0 Å². The fourth-order valence-corrected chi connectivity index (χ4v) is 18.7. The second-order valence-electron chi connectivity index (χ2n) is 37.6. The van der Waals surface area contributed by atoms with Gasteiger partial charge in [-0.2, -0.15) is 0 Å². The van der Waals surface area contributed by atoms with E-state index in [0.29, 0.717) is 0 Å². The van der Waals surface area contributed by atoms with E-state index in [9.17, 15) is 174 Å². The first-order valence-electron chi connectivity index (χ1n) is 46.8. The molecule has 0 aromatic carbocycles. The summed E-state index contributed by atoms with van der Waals surface area (Å²) in [6, 6.07) is 0. The van der Waals surface area contributed by atoms with Crippen molar-refractivity contribution in [1.29, 1.82) is 0 Å². The number of rotatable bonds is 32. The second kappa shape index (κ2) is 49.9. The maximum absolute atomic E-state index is 11.6. The van der Waals surface area contributed by atoms with Crippen LogP contribution in [-0.4, -0.2) is 673 Å². The van der Waals surface area contributed by atoms with Crippen molar-refractivity contribution in [3.8, 4) is 0 Å². The maximum Gasteiger partial charge on any atom is 0.187 e. The number of aliphatic hydroxyl groups is 34. The maximum atomic E-state index is 11.6. The van der Waals surface area contributed by atoms with Crippen molar-refractivity contribution in [3.63, 3.8) is 0 Å². The van der Waals surface area contributed by atoms with Crippen LogP contribution in [0.3, 0.4) is 0 Å². The van der Waals surface area contributed by atoms with Crippen LogP contribution in [0.1, 0.15) is 0 Å². The highest BCUT2D eigenvalue weighted by molar-refractivity contribution is 5.02. The Balaban J connectivity index is 0.426. The van der Waals surface area contributed by atoms with Crippen molar-refractivity contribution in [3.05, 3.63) is 0 Å². The van der Waals surface area contributed by atoms with E-state index in [2.05, 4.69) is 0 Å². The number of hydrogen-bond acceptors (Lipinski definition) is 65. The van der Waals surface area contributed by atoms with Crippen molar-refractivity contribution >= 4 is 0 Å². The van der Waals surface area contributed by atoms with Crippen LogP contribution in [0.25, 0.3) is 0 Å². The minimum atomic E-state index is -2.09. The van der Waals surface area contributed by atoms with Gasteiger partial charge in [0, 0.05) is 0 Å². The molecule has 34 N–H and O–H groups in total. The van der Waals surface area contributed by atoms with Gasteiger partial charge >= 0.3 is 0 Å². The highest BCUT2D eigenvalue weighted by Crippen LogP contribution is 2.41. The van der Waals surface area contributed by atoms with E-state index in [0.717, 1.165) is 0 Å². The van der Waals surface area contributed by atoms with Crippen LogP contribution in [0, 0.1) is 0 Å². The Kier molecular flexibility index (Phi) is 39.5. The first kappa shape index (κ1) is 115.